The van der Waals surface area contributed by atoms with Crippen molar-refractivity contribution in [3.63, 3.8) is 0 Å². The molecule has 1 aliphatic heterocycles. The Labute approximate surface area is 171 Å². The van der Waals surface area contributed by atoms with Crippen LogP contribution in [0.2, 0.25) is 0 Å². The lowest BCUT2D eigenvalue weighted by atomic mass is 10.1. The summed E-state index contributed by atoms with van der Waals surface area (Å²) >= 11 is 1.12. The van der Waals surface area contributed by atoms with Crippen molar-refractivity contribution in [2.45, 2.75) is 32.7 Å². The van der Waals surface area contributed by atoms with Crippen molar-refractivity contribution in [3.8, 4) is 11.4 Å². The molecule has 0 aliphatic carbocycles. The second-order valence-corrected chi connectivity index (χ2v) is 8.13. The van der Waals surface area contributed by atoms with Gasteiger partial charge in [-0.25, -0.2) is 9.78 Å². The third-order valence-corrected chi connectivity index (χ3v) is 6.07. The maximum Gasteiger partial charge on any atom is 0.337 e. The zero-order valence-electron chi connectivity index (χ0n) is 16.1. The summed E-state index contributed by atoms with van der Waals surface area (Å²) in [6.07, 6.45) is 3.01. The van der Waals surface area contributed by atoms with E-state index in [1.165, 1.54) is 9.95 Å². The number of hydrogen-bond donors (Lipinski definition) is 1. The Morgan fingerprint density at radius 2 is 1.97 bits per heavy atom. The summed E-state index contributed by atoms with van der Waals surface area (Å²) in [5.41, 5.74) is 1.16. The van der Waals surface area contributed by atoms with Gasteiger partial charge < -0.3 is 10.0 Å². The molecular formula is C21H21N3O4S. The van der Waals surface area contributed by atoms with Gasteiger partial charge in [0.2, 0.25) is 5.91 Å². The third kappa shape index (κ3) is 3.67. The first-order valence-electron chi connectivity index (χ1n) is 9.56. The number of amides is 1. The van der Waals surface area contributed by atoms with Gasteiger partial charge in [0.25, 0.3) is 5.56 Å². The predicted molar refractivity (Wildman–Crippen MR) is 111 cm³/mol. The highest BCUT2D eigenvalue weighted by Gasteiger charge is 2.24. The largest absolute Gasteiger partial charge is 0.478 e. The van der Waals surface area contributed by atoms with Crippen molar-refractivity contribution in [1.29, 1.82) is 0 Å². The van der Waals surface area contributed by atoms with Crippen LogP contribution in [-0.4, -0.2) is 44.5 Å². The van der Waals surface area contributed by atoms with Crippen LogP contribution in [-0.2, 0) is 11.3 Å². The first-order valence-corrected chi connectivity index (χ1v) is 10.4. The average molecular weight is 411 g/mol. The minimum atomic E-state index is -1.17. The summed E-state index contributed by atoms with van der Waals surface area (Å²) in [7, 11) is 0. The average Bonchev–Trinajstić information content (AvgIpc) is 3.15. The van der Waals surface area contributed by atoms with E-state index in [0.29, 0.717) is 23.7 Å². The number of aromatic nitrogens is 2. The Balaban J connectivity index is 1.88. The van der Waals surface area contributed by atoms with Gasteiger partial charge in [0.1, 0.15) is 17.2 Å². The van der Waals surface area contributed by atoms with Crippen molar-refractivity contribution in [2.75, 3.05) is 13.1 Å². The lowest BCUT2D eigenvalue weighted by Gasteiger charge is -2.27. The van der Waals surface area contributed by atoms with E-state index in [2.05, 4.69) is 4.98 Å². The van der Waals surface area contributed by atoms with Gasteiger partial charge in [-0.05, 0) is 32.3 Å². The molecule has 1 aliphatic rings. The molecule has 2 aromatic heterocycles. The maximum absolute atomic E-state index is 13.3. The second kappa shape index (κ2) is 7.79. The fraction of sp³-hybridized carbons (Fsp3) is 0.333. The van der Waals surface area contributed by atoms with Crippen LogP contribution in [0.3, 0.4) is 0 Å². The number of aromatic carboxylic acids is 1. The van der Waals surface area contributed by atoms with Gasteiger partial charge in [0.05, 0.1) is 10.9 Å². The highest BCUT2D eigenvalue weighted by Crippen LogP contribution is 2.26. The smallest absolute Gasteiger partial charge is 0.337 e. The predicted octanol–water partition coefficient (Wildman–Crippen LogP) is 3.14. The van der Waals surface area contributed by atoms with E-state index >= 15 is 0 Å². The molecule has 3 heterocycles. The van der Waals surface area contributed by atoms with Gasteiger partial charge in [0.15, 0.2) is 0 Å². The van der Waals surface area contributed by atoms with Crippen LogP contribution < -0.4 is 5.56 Å². The molecule has 3 aromatic rings. The molecule has 0 radical (unpaired) electrons. The third-order valence-electron chi connectivity index (χ3n) is 5.20. The Kier molecular flexibility index (Phi) is 5.19. The molecule has 0 unspecified atom stereocenters. The number of fused-ring (bicyclic) bond motifs is 1. The fourth-order valence-electron chi connectivity index (χ4n) is 3.71. The number of carboxylic acid groups (broad SMARTS) is 1. The number of nitrogens with zero attached hydrogens (tertiary/aromatic N) is 3. The minimum absolute atomic E-state index is 0.0605. The first-order chi connectivity index (χ1) is 14.0. The maximum atomic E-state index is 13.3. The van der Waals surface area contributed by atoms with Crippen LogP contribution in [0.1, 0.15) is 35.2 Å². The summed E-state index contributed by atoms with van der Waals surface area (Å²) in [5, 5.41) is 10.9. The number of aryl methyl sites for hydroxylation is 1. The Hall–Kier alpha value is -3.00. The van der Waals surface area contributed by atoms with Crippen LogP contribution in [0.4, 0.5) is 0 Å². The molecule has 7 nitrogen and oxygen atoms in total. The molecule has 0 atom stereocenters. The highest BCUT2D eigenvalue weighted by molar-refractivity contribution is 7.17. The van der Waals surface area contributed by atoms with Crippen LogP contribution >= 0.6 is 11.3 Å². The molecular weight excluding hydrogens is 390 g/mol. The number of carboxylic acids is 1. The van der Waals surface area contributed by atoms with Crippen molar-refractivity contribution in [1.82, 2.24) is 14.5 Å². The summed E-state index contributed by atoms with van der Waals surface area (Å²) in [4.78, 5) is 44.5. The Bertz CT molecular complexity index is 1160. The summed E-state index contributed by atoms with van der Waals surface area (Å²) in [5.74, 6) is -0.934. The summed E-state index contributed by atoms with van der Waals surface area (Å²) < 4.78 is 1.33. The van der Waals surface area contributed by atoms with Gasteiger partial charge in [-0.15, -0.1) is 11.3 Å². The van der Waals surface area contributed by atoms with Crippen LogP contribution in [0, 0.1) is 6.92 Å². The molecule has 1 aromatic carbocycles. The molecule has 1 amide bonds. The molecule has 29 heavy (non-hydrogen) atoms. The quantitative estimate of drug-likeness (QED) is 0.712. The molecule has 8 heteroatoms. The molecule has 0 bridgehead atoms. The van der Waals surface area contributed by atoms with E-state index in [4.69, 9.17) is 0 Å². The number of thiophene rings is 1. The summed E-state index contributed by atoms with van der Waals surface area (Å²) in [6, 6.07) is 7.56. The fourth-order valence-corrected chi connectivity index (χ4v) is 4.61. The molecule has 1 N–H and O–H groups in total. The second-order valence-electron chi connectivity index (χ2n) is 7.27. The molecule has 1 fully saturated rings. The van der Waals surface area contributed by atoms with Crippen molar-refractivity contribution < 1.29 is 14.7 Å². The van der Waals surface area contributed by atoms with Crippen LogP contribution in [0.15, 0.2) is 34.4 Å². The lowest BCUT2D eigenvalue weighted by molar-refractivity contribution is -0.132. The minimum Gasteiger partial charge on any atom is -0.478 e. The van der Waals surface area contributed by atoms with E-state index in [9.17, 15) is 19.5 Å². The number of carbonyl (C=O) groups is 2. The van der Waals surface area contributed by atoms with Gasteiger partial charge >= 0.3 is 5.97 Å². The lowest BCUT2D eigenvalue weighted by Crippen LogP contribution is -2.40. The number of hydrogen-bond acceptors (Lipinski definition) is 5. The van der Waals surface area contributed by atoms with Crippen molar-refractivity contribution in [3.05, 3.63) is 51.1 Å². The monoisotopic (exact) mass is 411 g/mol. The normalized spacial score (nSPS) is 14.3. The standard InChI is InChI=1S/C21H21N3O4S/c1-13-6-5-7-14(10-13)18-22-19-17(15(12-29-19)21(27)28)20(26)24(18)11-16(25)23-8-3-2-4-9-23/h5-7,10,12H,2-4,8-9,11H2,1H3,(H,27,28). The van der Waals surface area contributed by atoms with E-state index in [1.807, 2.05) is 31.2 Å². The zero-order chi connectivity index (χ0) is 20.5. The number of likely N-dealkylation sites (tertiary alicyclic amines) is 1. The number of carbonyl (C=O) groups excluding carboxylic acids is 1. The molecule has 1 saturated heterocycles. The van der Waals surface area contributed by atoms with Crippen LogP contribution in [0.25, 0.3) is 21.6 Å². The molecule has 150 valence electrons. The van der Waals surface area contributed by atoms with E-state index in [-0.39, 0.29) is 23.4 Å². The van der Waals surface area contributed by atoms with E-state index < -0.39 is 11.5 Å². The Morgan fingerprint density at radius 3 is 2.66 bits per heavy atom. The van der Waals surface area contributed by atoms with Gasteiger partial charge in [-0.2, -0.15) is 0 Å². The van der Waals surface area contributed by atoms with Crippen molar-refractivity contribution >= 4 is 33.4 Å². The summed E-state index contributed by atoms with van der Waals surface area (Å²) in [6.45, 7) is 3.15. The number of piperidine rings is 1. The molecule has 4 rings (SSSR count). The molecule has 0 saturated carbocycles. The van der Waals surface area contributed by atoms with Crippen LogP contribution in [0.5, 0.6) is 0 Å². The Morgan fingerprint density at radius 1 is 1.21 bits per heavy atom. The zero-order valence-corrected chi connectivity index (χ0v) is 16.9. The number of benzene rings is 1. The topological polar surface area (TPSA) is 92.5 Å². The molecule has 0 spiro atoms. The van der Waals surface area contributed by atoms with E-state index in [1.54, 1.807) is 4.90 Å². The first kappa shape index (κ1) is 19.3. The van der Waals surface area contributed by atoms with Gasteiger partial charge in [-0.3, -0.25) is 14.2 Å². The van der Waals surface area contributed by atoms with Gasteiger partial charge in [-0.1, -0.05) is 23.8 Å². The number of rotatable bonds is 4. The van der Waals surface area contributed by atoms with Gasteiger partial charge in [0, 0.05) is 24.0 Å². The van der Waals surface area contributed by atoms with E-state index in [0.717, 1.165) is 41.7 Å². The SMILES string of the molecule is Cc1cccc(-c2nc3scc(C(=O)O)c3c(=O)n2CC(=O)N2CCCCC2)c1. The van der Waals surface area contributed by atoms with Crippen molar-refractivity contribution in [2.24, 2.45) is 0 Å². The highest BCUT2D eigenvalue weighted by atomic mass is 32.1.